The van der Waals surface area contributed by atoms with Crippen LogP contribution in [-0.2, 0) is 23.9 Å². The van der Waals surface area contributed by atoms with Crippen LogP contribution in [-0.4, -0.2) is 37.0 Å². The van der Waals surface area contributed by atoms with Crippen molar-refractivity contribution in [2.24, 2.45) is 0 Å². The molecule has 0 saturated heterocycles. The van der Waals surface area contributed by atoms with E-state index in [1.807, 2.05) is 38.1 Å². The van der Waals surface area contributed by atoms with Gasteiger partial charge in [0.2, 0.25) is 5.91 Å². The highest BCUT2D eigenvalue weighted by molar-refractivity contribution is 5.94. The Bertz CT molecular complexity index is 956. The SMILES string of the molecule is CCCCOC(=O)c1ccc(NC(=O)COC(=O)CCCC(=O)Nc2ccccc2C)cc1. The van der Waals surface area contributed by atoms with E-state index in [0.717, 1.165) is 24.1 Å². The first-order chi connectivity index (χ1) is 15.9. The van der Waals surface area contributed by atoms with Crippen molar-refractivity contribution in [3.8, 4) is 0 Å². The average Bonchev–Trinajstić information content (AvgIpc) is 2.80. The molecule has 33 heavy (non-hydrogen) atoms. The molecule has 0 spiro atoms. The van der Waals surface area contributed by atoms with Crippen molar-refractivity contribution in [2.75, 3.05) is 23.8 Å². The Morgan fingerprint density at radius 3 is 2.24 bits per heavy atom. The van der Waals surface area contributed by atoms with Crippen LogP contribution in [0, 0.1) is 6.92 Å². The Balaban J connectivity index is 1.64. The zero-order valence-electron chi connectivity index (χ0n) is 19.0. The van der Waals surface area contributed by atoms with Gasteiger partial charge in [0.1, 0.15) is 0 Å². The number of amides is 2. The van der Waals surface area contributed by atoms with Crippen molar-refractivity contribution in [1.29, 1.82) is 0 Å². The number of carbonyl (C=O) groups is 4. The van der Waals surface area contributed by atoms with Crippen LogP contribution in [0.5, 0.6) is 0 Å². The predicted octanol–water partition coefficient (Wildman–Crippen LogP) is 4.24. The molecule has 8 heteroatoms. The zero-order valence-corrected chi connectivity index (χ0v) is 19.0. The van der Waals surface area contributed by atoms with Gasteiger partial charge in [-0.2, -0.15) is 0 Å². The van der Waals surface area contributed by atoms with Crippen molar-refractivity contribution in [2.45, 2.75) is 46.0 Å². The fourth-order valence-electron chi connectivity index (χ4n) is 2.82. The number of nitrogens with one attached hydrogen (secondary N) is 2. The molecule has 0 radical (unpaired) electrons. The Morgan fingerprint density at radius 2 is 1.55 bits per heavy atom. The zero-order chi connectivity index (χ0) is 24.1. The van der Waals surface area contributed by atoms with E-state index in [1.54, 1.807) is 24.3 Å². The topological polar surface area (TPSA) is 111 Å². The van der Waals surface area contributed by atoms with Crippen molar-refractivity contribution in [3.05, 3.63) is 59.7 Å². The number of esters is 2. The second-order valence-corrected chi connectivity index (χ2v) is 7.49. The molecule has 0 heterocycles. The number of hydrogen-bond donors (Lipinski definition) is 2. The summed E-state index contributed by atoms with van der Waals surface area (Å²) in [5, 5.41) is 5.39. The number of anilines is 2. The molecule has 2 amide bonds. The van der Waals surface area contributed by atoms with Crippen molar-refractivity contribution < 1.29 is 28.7 Å². The first-order valence-corrected chi connectivity index (χ1v) is 11.0. The number of aryl methyl sites for hydroxylation is 1. The maximum absolute atomic E-state index is 12.0. The van der Waals surface area contributed by atoms with Crippen molar-refractivity contribution in [3.63, 3.8) is 0 Å². The summed E-state index contributed by atoms with van der Waals surface area (Å²) in [6.07, 6.45) is 2.26. The molecule has 0 aliphatic carbocycles. The van der Waals surface area contributed by atoms with Crippen LogP contribution in [0.3, 0.4) is 0 Å². The lowest BCUT2D eigenvalue weighted by molar-refractivity contribution is -0.147. The molecule has 0 bridgehead atoms. The van der Waals surface area contributed by atoms with E-state index in [-0.39, 0.29) is 18.7 Å². The molecule has 2 N–H and O–H groups in total. The Hall–Kier alpha value is -3.68. The van der Waals surface area contributed by atoms with Crippen LogP contribution < -0.4 is 10.6 Å². The van der Waals surface area contributed by atoms with Crippen molar-refractivity contribution in [1.82, 2.24) is 0 Å². The quantitative estimate of drug-likeness (QED) is 0.367. The summed E-state index contributed by atoms with van der Waals surface area (Å²) in [5.41, 5.74) is 2.55. The van der Waals surface area contributed by atoms with Gasteiger partial charge in [-0.25, -0.2) is 4.79 Å². The Morgan fingerprint density at radius 1 is 0.818 bits per heavy atom. The lowest BCUT2D eigenvalue weighted by Gasteiger charge is -2.09. The van der Waals surface area contributed by atoms with Gasteiger partial charge in [-0.15, -0.1) is 0 Å². The van der Waals surface area contributed by atoms with E-state index < -0.39 is 24.5 Å². The van der Waals surface area contributed by atoms with Gasteiger partial charge >= 0.3 is 11.9 Å². The average molecular weight is 455 g/mol. The van der Waals surface area contributed by atoms with Crippen LogP contribution in [0.1, 0.15) is 54.9 Å². The highest BCUT2D eigenvalue weighted by Crippen LogP contribution is 2.14. The maximum atomic E-state index is 12.0. The van der Waals surface area contributed by atoms with Gasteiger partial charge in [0, 0.05) is 24.2 Å². The van der Waals surface area contributed by atoms with Gasteiger partial charge < -0.3 is 20.1 Å². The molecule has 8 nitrogen and oxygen atoms in total. The fourth-order valence-corrected chi connectivity index (χ4v) is 2.82. The molecule has 0 unspecified atom stereocenters. The molecule has 176 valence electrons. The summed E-state index contributed by atoms with van der Waals surface area (Å²) in [6.45, 7) is 3.84. The summed E-state index contributed by atoms with van der Waals surface area (Å²) in [4.78, 5) is 47.7. The van der Waals surface area contributed by atoms with E-state index in [4.69, 9.17) is 9.47 Å². The van der Waals surface area contributed by atoms with E-state index in [1.165, 1.54) is 0 Å². The fraction of sp³-hybridized carbons (Fsp3) is 0.360. The van der Waals surface area contributed by atoms with Crippen LogP contribution in [0.4, 0.5) is 11.4 Å². The first kappa shape index (κ1) is 25.6. The number of para-hydroxylation sites is 1. The number of hydrogen-bond acceptors (Lipinski definition) is 6. The number of carbonyl (C=O) groups excluding carboxylic acids is 4. The maximum Gasteiger partial charge on any atom is 0.338 e. The van der Waals surface area contributed by atoms with Gasteiger partial charge in [0.05, 0.1) is 12.2 Å². The first-order valence-electron chi connectivity index (χ1n) is 11.0. The highest BCUT2D eigenvalue weighted by atomic mass is 16.5. The summed E-state index contributed by atoms with van der Waals surface area (Å²) < 4.78 is 10.1. The lowest BCUT2D eigenvalue weighted by atomic mass is 10.2. The van der Waals surface area contributed by atoms with E-state index >= 15 is 0 Å². The monoisotopic (exact) mass is 454 g/mol. The van der Waals surface area contributed by atoms with Crippen LogP contribution in [0.2, 0.25) is 0 Å². The van der Waals surface area contributed by atoms with E-state index in [9.17, 15) is 19.2 Å². The lowest BCUT2D eigenvalue weighted by Crippen LogP contribution is -2.21. The summed E-state index contributed by atoms with van der Waals surface area (Å²) in [7, 11) is 0. The number of benzene rings is 2. The van der Waals surface area contributed by atoms with Gasteiger partial charge in [-0.1, -0.05) is 31.5 Å². The van der Waals surface area contributed by atoms with Gasteiger partial charge in [0.25, 0.3) is 5.91 Å². The minimum Gasteiger partial charge on any atom is -0.462 e. The summed E-state index contributed by atoms with van der Waals surface area (Å²) in [6, 6.07) is 13.7. The Kier molecular flexibility index (Phi) is 10.6. The molecule has 2 rings (SSSR count). The second-order valence-electron chi connectivity index (χ2n) is 7.49. The molecular formula is C25H30N2O6. The van der Waals surface area contributed by atoms with Gasteiger partial charge in [-0.05, 0) is 55.7 Å². The minimum atomic E-state index is -0.556. The molecule has 2 aromatic rings. The number of ether oxygens (including phenoxy) is 2. The third kappa shape index (κ3) is 9.55. The summed E-state index contributed by atoms with van der Waals surface area (Å²) in [5.74, 6) is -1.66. The molecule has 2 aromatic carbocycles. The van der Waals surface area contributed by atoms with E-state index in [0.29, 0.717) is 24.3 Å². The largest absolute Gasteiger partial charge is 0.462 e. The molecule has 0 atom stereocenters. The molecule has 0 fully saturated rings. The highest BCUT2D eigenvalue weighted by Gasteiger charge is 2.11. The predicted molar refractivity (Wildman–Crippen MR) is 125 cm³/mol. The molecule has 0 saturated carbocycles. The van der Waals surface area contributed by atoms with Crippen LogP contribution in [0.15, 0.2) is 48.5 Å². The van der Waals surface area contributed by atoms with Gasteiger partial charge in [0.15, 0.2) is 6.61 Å². The van der Waals surface area contributed by atoms with Gasteiger partial charge in [-0.3, -0.25) is 14.4 Å². The van der Waals surface area contributed by atoms with E-state index in [2.05, 4.69) is 10.6 Å². The molecule has 0 aliphatic heterocycles. The third-order valence-corrected chi connectivity index (χ3v) is 4.70. The normalized spacial score (nSPS) is 10.2. The number of rotatable bonds is 12. The smallest absolute Gasteiger partial charge is 0.338 e. The molecular weight excluding hydrogens is 424 g/mol. The standard InChI is InChI=1S/C25H30N2O6/c1-3-4-16-32-25(31)19-12-14-20(15-13-19)26-23(29)17-33-24(30)11-7-10-22(28)27-21-9-6-5-8-18(21)2/h5-6,8-9,12-15H,3-4,7,10-11,16-17H2,1-2H3,(H,26,29)(H,27,28). The second kappa shape index (κ2) is 13.7. The third-order valence-electron chi connectivity index (χ3n) is 4.70. The number of unbranched alkanes of at least 4 members (excludes halogenated alkanes) is 1. The van der Waals surface area contributed by atoms with Crippen LogP contribution in [0.25, 0.3) is 0 Å². The molecule has 0 aromatic heterocycles. The minimum absolute atomic E-state index is 0.0311. The Labute approximate surface area is 193 Å². The van der Waals surface area contributed by atoms with Crippen molar-refractivity contribution >= 4 is 35.1 Å². The molecule has 0 aliphatic rings. The summed E-state index contributed by atoms with van der Waals surface area (Å²) >= 11 is 0. The van der Waals surface area contributed by atoms with Crippen LogP contribution >= 0.6 is 0 Å².